The molecule has 0 saturated heterocycles. The number of hydrogen-bond donors (Lipinski definition) is 2. The van der Waals surface area contributed by atoms with Crippen LogP contribution in [-0.4, -0.2) is 61.9 Å². The second kappa shape index (κ2) is 27.2. The van der Waals surface area contributed by atoms with Crippen molar-refractivity contribution in [2.24, 2.45) is 5.73 Å². The summed E-state index contributed by atoms with van der Waals surface area (Å²) >= 11 is 0. The maximum absolute atomic E-state index is 12.2. The summed E-state index contributed by atoms with van der Waals surface area (Å²) in [6.45, 7) is 0.976. The van der Waals surface area contributed by atoms with Crippen LogP contribution in [0, 0.1) is 0 Å². The van der Waals surface area contributed by atoms with E-state index in [1.165, 1.54) is 63.9 Å². The molecule has 0 fully saturated rings. The lowest BCUT2D eigenvalue weighted by Gasteiger charge is -2.25. The van der Waals surface area contributed by atoms with Gasteiger partial charge in [0.1, 0.15) is 12.9 Å². The average Bonchev–Trinajstić information content (AvgIpc) is 2.94. The van der Waals surface area contributed by atoms with Crippen LogP contribution in [0.2, 0.25) is 0 Å². The molecule has 0 aliphatic heterocycles. The van der Waals surface area contributed by atoms with Gasteiger partial charge in [-0.05, 0) is 25.3 Å². The first kappa shape index (κ1) is 39.4. The number of aldehydes is 1. The van der Waals surface area contributed by atoms with Gasteiger partial charge in [0.25, 0.3) is 7.82 Å². The highest BCUT2D eigenvalue weighted by Gasteiger charge is 2.21. The molecule has 0 aromatic heterocycles. The van der Waals surface area contributed by atoms with E-state index in [1.807, 2.05) is 0 Å². The Balaban J connectivity index is 4.31. The average molecular weight is 607 g/mol. The van der Waals surface area contributed by atoms with E-state index >= 15 is 0 Å². The molecule has 0 rings (SSSR count). The molecule has 11 nitrogen and oxygen atoms in total. The third-order valence-electron chi connectivity index (χ3n) is 6.29. The number of aliphatic hydroxyl groups excluding tert-OH is 1. The SMILES string of the molecule is CCCCCCCCCCCCCCCC(=O)OC[C@H](COP(=O)([O-])OCCN)OC(=O)CCCC(O)/C=C/C=O. The maximum atomic E-state index is 12.2. The molecule has 41 heavy (non-hydrogen) atoms. The first-order chi connectivity index (χ1) is 19.7. The summed E-state index contributed by atoms with van der Waals surface area (Å²) in [6, 6.07) is 0. The van der Waals surface area contributed by atoms with Gasteiger partial charge in [-0.15, -0.1) is 0 Å². The maximum Gasteiger partial charge on any atom is 0.306 e. The zero-order valence-corrected chi connectivity index (χ0v) is 25.8. The van der Waals surface area contributed by atoms with Gasteiger partial charge in [0.15, 0.2) is 6.10 Å². The number of esters is 2. The summed E-state index contributed by atoms with van der Waals surface area (Å²) in [6.07, 6.45) is 17.1. The van der Waals surface area contributed by atoms with Gasteiger partial charge < -0.3 is 34.3 Å². The summed E-state index contributed by atoms with van der Waals surface area (Å²) in [5, 5.41) is 9.69. The Morgan fingerprint density at radius 1 is 0.854 bits per heavy atom. The van der Waals surface area contributed by atoms with Crippen LogP contribution in [0.15, 0.2) is 12.2 Å². The van der Waals surface area contributed by atoms with Crippen LogP contribution in [0.5, 0.6) is 0 Å². The Kier molecular flexibility index (Phi) is 26.2. The zero-order chi connectivity index (χ0) is 30.6. The molecule has 0 aliphatic carbocycles. The molecule has 3 N–H and O–H groups in total. The molecule has 0 saturated carbocycles. The molecule has 0 radical (unpaired) electrons. The number of hydrogen-bond acceptors (Lipinski definition) is 11. The Labute approximate surface area is 246 Å². The van der Waals surface area contributed by atoms with Crippen molar-refractivity contribution in [1.82, 2.24) is 0 Å². The summed E-state index contributed by atoms with van der Waals surface area (Å²) in [7, 11) is -4.67. The largest absolute Gasteiger partial charge is 0.756 e. The third kappa shape index (κ3) is 27.0. The van der Waals surface area contributed by atoms with Crippen LogP contribution < -0.4 is 10.6 Å². The predicted molar refractivity (Wildman–Crippen MR) is 155 cm³/mol. The molecule has 0 aliphatic rings. The highest BCUT2D eigenvalue weighted by atomic mass is 31.2. The number of phosphoric acid groups is 1. The second-order valence-electron chi connectivity index (χ2n) is 10.1. The molecule has 0 aromatic carbocycles. The quantitative estimate of drug-likeness (QED) is 0.0398. The Bertz CT molecular complexity index is 749. The van der Waals surface area contributed by atoms with Gasteiger partial charge in [-0.2, -0.15) is 0 Å². The summed E-state index contributed by atoms with van der Waals surface area (Å²) in [4.78, 5) is 46.5. The number of nitrogens with two attached hydrogens (primary N) is 1. The van der Waals surface area contributed by atoms with E-state index in [4.69, 9.17) is 19.7 Å². The van der Waals surface area contributed by atoms with E-state index < -0.39 is 38.6 Å². The molecule has 0 amide bonds. The number of unbranched alkanes of at least 4 members (excludes halogenated alkanes) is 12. The lowest BCUT2D eigenvalue weighted by Crippen LogP contribution is -2.30. The van der Waals surface area contributed by atoms with Crippen molar-refractivity contribution in [3.8, 4) is 0 Å². The number of allylic oxidation sites excluding steroid dienone is 1. The van der Waals surface area contributed by atoms with Gasteiger partial charge in [-0.1, -0.05) is 90.0 Å². The number of aliphatic hydroxyl groups is 1. The van der Waals surface area contributed by atoms with Crippen molar-refractivity contribution in [1.29, 1.82) is 0 Å². The van der Waals surface area contributed by atoms with Crippen molar-refractivity contribution < 1.29 is 47.5 Å². The topological polar surface area (TPSA) is 175 Å². The van der Waals surface area contributed by atoms with Crippen molar-refractivity contribution in [2.75, 3.05) is 26.4 Å². The predicted octanol–water partition coefficient (Wildman–Crippen LogP) is 4.67. The Morgan fingerprint density at radius 3 is 1.98 bits per heavy atom. The molecule has 3 atom stereocenters. The highest BCUT2D eigenvalue weighted by molar-refractivity contribution is 7.45. The first-order valence-corrected chi connectivity index (χ1v) is 16.7. The summed E-state index contributed by atoms with van der Waals surface area (Å²) < 4.78 is 31.6. The highest BCUT2D eigenvalue weighted by Crippen LogP contribution is 2.38. The molecule has 0 heterocycles. The smallest absolute Gasteiger partial charge is 0.306 e. The van der Waals surface area contributed by atoms with E-state index in [-0.39, 0.29) is 45.4 Å². The molecule has 2 unspecified atom stereocenters. The van der Waals surface area contributed by atoms with Crippen LogP contribution in [0.25, 0.3) is 0 Å². The molecule has 0 aromatic rings. The molecule has 240 valence electrons. The molecular formula is C29H53NO10P-. The molecule has 12 heteroatoms. The summed E-state index contributed by atoms with van der Waals surface area (Å²) in [5.74, 6) is -1.15. The van der Waals surface area contributed by atoms with Gasteiger partial charge in [-0.3, -0.25) is 18.9 Å². The minimum absolute atomic E-state index is 0.0291. The van der Waals surface area contributed by atoms with Crippen molar-refractivity contribution in [3.63, 3.8) is 0 Å². The Morgan fingerprint density at radius 2 is 1.41 bits per heavy atom. The van der Waals surface area contributed by atoms with E-state index in [1.54, 1.807) is 0 Å². The molecule has 0 spiro atoms. The zero-order valence-electron chi connectivity index (χ0n) is 24.9. The number of ether oxygens (including phenoxy) is 2. The lowest BCUT2D eigenvalue weighted by molar-refractivity contribution is -0.228. The van der Waals surface area contributed by atoms with E-state index in [0.717, 1.165) is 25.3 Å². The van der Waals surface area contributed by atoms with Crippen molar-refractivity contribution in [3.05, 3.63) is 12.2 Å². The first-order valence-electron chi connectivity index (χ1n) is 15.2. The van der Waals surface area contributed by atoms with Crippen LogP contribution >= 0.6 is 7.82 Å². The minimum Gasteiger partial charge on any atom is -0.756 e. The van der Waals surface area contributed by atoms with Gasteiger partial charge >= 0.3 is 11.9 Å². The standard InChI is InChI=1S/C29H54NO10P/c1-2-3-4-5-6-7-8-9-10-11-12-13-14-19-28(33)37-24-27(25-39-41(35,36)38-23-21-30)40-29(34)20-15-17-26(32)18-16-22-31/h16,18,22,26-27,32H,2-15,17,19-21,23-25,30H2,1H3,(H,35,36)/p-1/b18-16+/t26?,27-/m1/s1. The second-order valence-corrected chi connectivity index (χ2v) is 11.5. The van der Waals surface area contributed by atoms with E-state index in [2.05, 4.69) is 11.4 Å². The van der Waals surface area contributed by atoms with Gasteiger partial charge in [0.05, 0.1) is 19.3 Å². The Hall–Kier alpha value is -1.62. The van der Waals surface area contributed by atoms with Crippen LogP contribution in [0.1, 0.15) is 116 Å². The van der Waals surface area contributed by atoms with Crippen LogP contribution in [0.4, 0.5) is 0 Å². The van der Waals surface area contributed by atoms with Gasteiger partial charge in [0.2, 0.25) is 0 Å². The fourth-order valence-corrected chi connectivity index (χ4v) is 4.76. The number of carbonyl (C=O) groups is 3. The lowest BCUT2D eigenvalue weighted by atomic mass is 10.0. The van der Waals surface area contributed by atoms with Gasteiger partial charge in [-0.25, -0.2) is 0 Å². The van der Waals surface area contributed by atoms with E-state index in [0.29, 0.717) is 12.7 Å². The molecular weight excluding hydrogens is 553 g/mol. The van der Waals surface area contributed by atoms with Crippen molar-refractivity contribution in [2.45, 2.75) is 128 Å². The van der Waals surface area contributed by atoms with Crippen molar-refractivity contribution >= 4 is 26.0 Å². The van der Waals surface area contributed by atoms with E-state index in [9.17, 15) is 28.9 Å². The minimum atomic E-state index is -4.67. The fraction of sp³-hybridized carbons (Fsp3) is 0.828. The molecule has 0 bridgehead atoms. The third-order valence-corrected chi connectivity index (χ3v) is 7.26. The normalized spacial score (nSPS) is 14.4. The van der Waals surface area contributed by atoms with Crippen LogP contribution in [0.3, 0.4) is 0 Å². The van der Waals surface area contributed by atoms with Gasteiger partial charge in [0, 0.05) is 19.4 Å². The van der Waals surface area contributed by atoms with Crippen LogP contribution in [-0.2, 0) is 37.5 Å². The number of phosphoric ester groups is 1. The number of carbonyl (C=O) groups excluding carboxylic acids is 3. The summed E-state index contributed by atoms with van der Waals surface area (Å²) in [5.41, 5.74) is 5.23. The monoisotopic (exact) mass is 606 g/mol. The number of rotatable bonds is 29. The fourth-order valence-electron chi connectivity index (χ4n) is 4.01.